The van der Waals surface area contributed by atoms with E-state index in [0.717, 1.165) is 0 Å². The quantitative estimate of drug-likeness (QED) is 0.560. The van der Waals surface area contributed by atoms with E-state index < -0.39 is 26.3 Å². The molecule has 2 aromatic carbocycles. The van der Waals surface area contributed by atoms with Gasteiger partial charge in [-0.1, -0.05) is 87.5 Å². The third-order valence-corrected chi connectivity index (χ3v) is 10.8. The van der Waals surface area contributed by atoms with E-state index in [4.69, 9.17) is 13.9 Å². The minimum atomic E-state index is -2.68. The van der Waals surface area contributed by atoms with E-state index in [1.54, 1.807) is 6.08 Å². The van der Waals surface area contributed by atoms with Crippen LogP contribution in [0, 0.1) is 0 Å². The van der Waals surface area contributed by atoms with E-state index in [1.807, 2.05) is 12.1 Å². The molecule has 0 amide bonds. The Morgan fingerprint density at radius 2 is 1.62 bits per heavy atom. The Morgan fingerprint density at radius 1 is 1.10 bits per heavy atom. The summed E-state index contributed by atoms with van der Waals surface area (Å²) in [4.78, 5) is 0. The van der Waals surface area contributed by atoms with E-state index in [0.29, 0.717) is 13.0 Å². The van der Waals surface area contributed by atoms with E-state index in [2.05, 4.69) is 75.9 Å². The zero-order valence-electron chi connectivity index (χ0n) is 17.8. The molecule has 3 atom stereocenters. The third kappa shape index (κ3) is 4.11. The van der Waals surface area contributed by atoms with Gasteiger partial charge in [0.2, 0.25) is 0 Å². The molecular weight excluding hydrogens is 380 g/mol. The Hall–Kier alpha value is -1.76. The number of hydrogen-bond acceptors (Lipinski definition) is 4. The molecular formula is C24H32O4Si. The van der Waals surface area contributed by atoms with Gasteiger partial charge in [-0.3, -0.25) is 0 Å². The Labute approximate surface area is 175 Å². The molecule has 3 rings (SSSR count). The van der Waals surface area contributed by atoms with Gasteiger partial charge >= 0.3 is 0 Å². The van der Waals surface area contributed by atoms with Gasteiger partial charge in [0.1, 0.15) is 11.7 Å². The lowest BCUT2D eigenvalue weighted by molar-refractivity contribution is -0.170. The molecule has 156 valence electrons. The maximum atomic E-state index is 10.3. The van der Waals surface area contributed by atoms with E-state index in [1.165, 1.54) is 17.5 Å². The normalized spacial score (nSPS) is 25.1. The summed E-state index contributed by atoms with van der Waals surface area (Å²) in [7, 11) is -1.15. The Kier molecular flexibility index (Phi) is 6.46. The minimum Gasteiger partial charge on any atom is -0.404 e. The molecule has 0 aliphatic carbocycles. The molecule has 1 N–H and O–H groups in total. The second-order valence-electron chi connectivity index (χ2n) is 8.71. The van der Waals surface area contributed by atoms with Crippen molar-refractivity contribution in [2.24, 2.45) is 0 Å². The molecule has 1 saturated heterocycles. The highest BCUT2D eigenvalue weighted by molar-refractivity contribution is 6.99. The van der Waals surface area contributed by atoms with Crippen molar-refractivity contribution >= 4 is 18.7 Å². The number of rotatable bonds is 7. The molecule has 29 heavy (non-hydrogen) atoms. The van der Waals surface area contributed by atoms with Crippen LogP contribution < -0.4 is 10.4 Å². The first kappa shape index (κ1) is 21.9. The van der Waals surface area contributed by atoms with Gasteiger partial charge in [-0.25, -0.2) is 0 Å². The standard InChI is InChI=1S/C24H32O4Si/c1-6-24(17-21(25)22(26-5)28-24)18-27-29(23(2,3)4,19-13-9-7-10-14-19)20-15-11-8-12-16-20/h6-16,21-22,25H,1,17-18H2,2-5H3/t21-,22?,24+/m1/s1. The van der Waals surface area contributed by atoms with E-state index in [-0.39, 0.29) is 5.04 Å². The summed E-state index contributed by atoms with van der Waals surface area (Å²) in [5.41, 5.74) is -0.785. The van der Waals surface area contributed by atoms with E-state index >= 15 is 0 Å². The maximum Gasteiger partial charge on any atom is 0.261 e. The fraction of sp³-hybridized carbons (Fsp3) is 0.417. The molecule has 0 bridgehead atoms. The molecule has 0 aromatic heterocycles. The minimum absolute atomic E-state index is 0.129. The van der Waals surface area contributed by atoms with Crippen LogP contribution in [0.25, 0.3) is 0 Å². The van der Waals surface area contributed by atoms with Crippen LogP contribution in [-0.4, -0.2) is 45.1 Å². The van der Waals surface area contributed by atoms with Crippen LogP contribution in [0.1, 0.15) is 27.2 Å². The average molecular weight is 413 g/mol. The second-order valence-corrected chi connectivity index (χ2v) is 13.0. The van der Waals surface area contributed by atoms with Crippen LogP contribution in [0.5, 0.6) is 0 Å². The molecule has 1 unspecified atom stereocenters. The van der Waals surface area contributed by atoms with Crippen molar-refractivity contribution in [3.8, 4) is 0 Å². The molecule has 1 aliphatic heterocycles. The van der Waals surface area contributed by atoms with Gasteiger partial charge in [0, 0.05) is 13.5 Å². The molecule has 1 aliphatic rings. The van der Waals surface area contributed by atoms with Crippen molar-refractivity contribution in [1.29, 1.82) is 0 Å². The lowest BCUT2D eigenvalue weighted by Crippen LogP contribution is -2.67. The summed E-state index contributed by atoms with van der Waals surface area (Å²) in [6.07, 6.45) is 0.761. The maximum absolute atomic E-state index is 10.3. The van der Waals surface area contributed by atoms with E-state index in [9.17, 15) is 5.11 Å². The van der Waals surface area contributed by atoms with Crippen molar-refractivity contribution in [2.75, 3.05) is 13.7 Å². The zero-order valence-corrected chi connectivity index (χ0v) is 18.8. The predicted molar refractivity (Wildman–Crippen MR) is 119 cm³/mol. The van der Waals surface area contributed by atoms with Gasteiger partial charge in [-0.05, 0) is 15.4 Å². The van der Waals surface area contributed by atoms with Gasteiger partial charge < -0.3 is 19.0 Å². The molecule has 0 spiro atoms. The highest BCUT2D eigenvalue weighted by Gasteiger charge is 2.53. The highest BCUT2D eigenvalue weighted by atomic mass is 28.4. The van der Waals surface area contributed by atoms with Crippen LogP contribution in [0.15, 0.2) is 73.3 Å². The summed E-state index contributed by atoms with van der Waals surface area (Å²) in [6, 6.07) is 21.0. The van der Waals surface area contributed by atoms with Gasteiger partial charge in [-0.2, -0.15) is 0 Å². The van der Waals surface area contributed by atoms with Crippen LogP contribution >= 0.6 is 0 Å². The number of aliphatic hydroxyl groups excluding tert-OH is 1. The molecule has 5 heteroatoms. The lowest BCUT2D eigenvalue weighted by Gasteiger charge is -2.44. The molecule has 1 fully saturated rings. The number of methoxy groups -OCH3 is 1. The van der Waals surface area contributed by atoms with Crippen molar-refractivity contribution in [1.82, 2.24) is 0 Å². The molecule has 2 aromatic rings. The van der Waals surface area contributed by atoms with Crippen molar-refractivity contribution < 1.29 is 19.0 Å². The molecule has 0 radical (unpaired) electrons. The summed E-state index contributed by atoms with van der Waals surface area (Å²) in [5, 5.41) is 12.6. The third-order valence-electron chi connectivity index (χ3n) is 5.77. The Morgan fingerprint density at radius 3 is 2.00 bits per heavy atom. The second kappa shape index (κ2) is 8.54. The summed E-state index contributed by atoms with van der Waals surface area (Å²) in [5.74, 6) is 0. The number of aliphatic hydroxyl groups is 1. The van der Waals surface area contributed by atoms with Crippen molar-refractivity contribution in [3.63, 3.8) is 0 Å². The highest BCUT2D eigenvalue weighted by Crippen LogP contribution is 2.39. The van der Waals surface area contributed by atoms with Crippen LogP contribution in [0.4, 0.5) is 0 Å². The first-order valence-corrected chi connectivity index (χ1v) is 12.0. The number of benzene rings is 2. The number of hydrogen-bond donors (Lipinski definition) is 1. The largest absolute Gasteiger partial charge is 0.404 e. The average Bonchev–Trinajstić information content (AvgIpc) is 3.05. The summed E-state index contributed by atoms with van der Waals surface area (Å²) >= 11 is 0. The SMILES string of the molecule is C=C[C@@]1(CO[Si](c2ccccc2)(c2ccccc2)C(C)(C)C)C[C@@H](O)C(OC)O1. The molecule has 1 heterocycles. The Balaban J connectivity index is 2.06. The Bertz CT molecular complexity index is 763. The van der Waals surface area contributed by atoms with Crippen molar-refractivity contribution in [3.05, 3.63) is 73.3 Å². The summed E-state index contributed by atoms with van der Waals surface area (Å²) < 4.78 is 18.3. The predicted octanol–water partition coefficient (Wildman–Crippen LogP) is 3.24. The smallest absolute Gasteiger partial charge is 0.261 e. The van der Waals surface area contributed by atoms with Gasteiger partial charge in [0.05, 0.1) is 6.61 Å². The van der Waals surface area contributed by atoms with Gasteiger partial charge in [0.25, 0.3) is 8.32 Å². The monoisotopic (exact) mass is 412 g/mol. The number of ether oxygens (including phenoxy) is 2. The molecule has 0 saturated carbocycles. The van der Waals surface area contributed by atoms with Gasteiger partial charge in [-0.15, -0.1) is 6.58 Å². The van der Waals surface area contributed by atoms with Crippen molar-refractivity contribution in [2.45, 2.75) is 50.2 Å². The summed E-state index contributed by atoms with van der Waals surface area (Å²) in [6.45, 7) is 11.0. The fourth-order valence-corrected chi connectivity index (χ4v) is 8.91. The van der Waals surface area contributed by atoms with Crippen LogP contribution in [0.3, 0.4) is 0 Å². The fourth-order valence-electron chi connectivity index (χ4n) is 4.29. The molecule has 4 nitrogen and oxygen atoms in total. The first-order valence-electron chi connectivity index (χ1n) is 10.1. The van der Waals surface area contributed by atoms with Gasteiger partial charge in [0.15, 0.2) is 6.29 Å². The van der Waals surface area contributed by atoms with Crippen LogP contribution in [0.2, 0.25) is 5.04 Å². The zero-order chi connectivity index (χ0) is 21.1. The first-order chi connectivity index (χ1) is 13.8. The topological polar surface area (TPSA) is 47.9 Å². The lowest BCUT2D eigenvalue weighted by atomic mass is 10.0. The van der Waals surface area contributed by atoms with Crippen LogP contribution in [-0.2, 0) is 13.9 Å².